The molecule has 0 aromatic heterocycles. The monoisotopic (exact) mass is 406 g/mol. The number of benzene rings is 2. The molecular weight excluding hydrogens is 380 g/mol. The maximum atomic E-state index is 12.9. The second-order valence-electron chi connectivity index (χ2n) is 9.14. The molecule has 2 saturated heterocycles. The fourth-order valence-electron chi connectivity index (χ4n) is 5.80. The van der Waals surface area contributed by atoms with Crippen LogP contribution < -0.4 is 0 Å². The van der Waals surface area contributed by atoms with E-state index in [1.807, 2.05) is 36.4 Å². The Morgan fingerprint density at radius 3 is 1.97 bits per heavy atom. The number of ether oxygens (including phenoxy) is 3. The van der Waals surface area contributed by atoms with Gasteiger partial charge in [-0.15, -0.1) is 0 Å². The van der Waals surface area contributed by atoms with Crippen molar-refractivity contribution in [3.63, 3.8) is 0 Å². The lowest BCUT2D eigenvalue weighted by atomic mass is 9.71. The van der Waals surface area contributed by atoms with Crippen molar-refractivity contribution in [2.24, 2.45) is 17.3 Å². The normalized spacial score (nSPS) is 33.1. The third-order valence-corrected chi connectivity index (χ3v) is 7.10. The van der Waals surface area contributed by atoms with Gasteiger partial charge in [-0.3, -0.25) is 0 Å². The lowest BCUT2D eigenvalue weighted by Gasteiger charge is -2.34. The second-order valence-corrected chi connectivity index (χ2v) is 9.14. The van der Waals surface area contributed by atoms with Gasteiger partial charge in [0.25, 0.3) is 0 Å². The van der Waals surface area contributed by atoms with Crippen LogP contribution in [0.25, 0.3) is 0 Å². The van der Waals surface area contributed by atoms with Crippen LogP contribution in [0.2, 0.25) is 0 Å². The molecule has 30 heavy (non-hydrogen) atoms. The molecule has 156 valence electrons. The fourth-order valence-corrected chi connectivity index (χ4v) is 5.80. The van der Waals surface area contributed by atoms with Crippen molar-refractivity contribution < 1.29 is 23.8 Å². The Bertz CT molecular complexity index is 939. The quantitative estimate of drug-likeness (QED) is 0.710. The Balaban J connectivity index is 1.46. The van der Waals surface area contributed by atoms with E-state index in [-0.39, 0.29) is 41.4 Å². The predicted octanol–water partition coefficient (Wildman–Crippen LogP) is 4.27. The molecule has 0 amide bonds. The summed E-state index contributed by atoms with van der Waals surface area (Å²) in [5, 5.41) is 0. The van der Waals surface area contributed by atoms with E-state index in [1.165, 1.54) is 0 Å². The molecule has 0 spiro atoms. The zero-order valence-electron chi connectivity index (χ0n) is 17.2. The molecule has 5 rings (SSSR count). The molecular formula is C25H26O5. The first-order valence-electron chi connectivity index (χ1n) is 10.6. The van der Waals surface area contributed by atoms with E-state index < -0.39 is 12.2 Å². The molecule has 2 heterocycles. The highest BCUT2D eigenvalue weighted by Gasteiger charge is 2.68. The first-order valence-corrected chi connectivity index (χ1v) is 10.6. The summed E-state index contributed by atoms with van der Waals surface area (Å²) in [7, 11) is 0. The van der Waals surface area contributed by atoms with Gasteiger partial charge in [-0.2, -0.15) is 0 Å². The number of esters is 2. The van der Waals surface area contributed by atoms with Gasteiger partial charge in [0, 0.05) is 17.3 Å². The summed E-state index contributed by atoms with van der Waals surface area (Å²) in [5.41, 5.74) is 0.630. The molecule has 6 unspecified atom stereocenters. The molecule has 2 aromatic carbocycles. The van der Waals surface area contributed by atoms with Crippen molar-refractivity contribution in [2.75, 3.05) is 0 Å². The molecule has 1 saturated carbocycles. The minimum absolute atomic E-state index is 0.0417. The largest absolute Gasteiger partial charge is 0.454 e. The molecule has 0 radical (unpaired) electrons. The topological polar surface area (TPSA) is 61.8 Å². The lowest BCUT2D eigenvalue weighted by molar-refractivity contribution is -0.0774. The van der Waals surface area contributed by atoms with Crippen molar-refractivity contribution in [3.8, 4) is 0 Å². The smallest absolute Gasteiger partial charge is 0.338 e. The zero-order valence-corrected chi connectivity index (χ0v) is 17.2. The van der Waals surface area contributed by atoms with E-state index in [0.29, 0.717) is 11.1 Å². The van der Waals surface area contributed by atoms with E-state index >= 15 is 0 Å². The Morgan fingerprint density at radius 2 is 1.37 bits per heavy atom. The molecule has 6 atom stereocenters. The van der Waals surface area contributed by atoms with Gasteiger partial charge in [0.05, 0.1) is 23.3 Å². The van der Waals surface area contributed by atoms with Gasteiger partial charge in [-0.25, -0.2) is 9.59 Å². The van der Waals surface area contributed by atoms with Crippen LogP contribution in [0.15, 0.2) is 60.7 Å². The number of hydrogen-bond donors (Lipinski definition) is 0. The third-order valence-electron chi connectivity index (χ3n) is 7.10. The Hall–Kier alpha value is -2.66. The van der Waals surface area contributed by atoms with Crippen LogP contribution >= 0.6 is 0 Å². The molecule has 5 nitrogen and oxygen atoms in total. The second kappa shape index (κ2) is 7.24. The number of hydrogen-bond acceptors (Lipinski definition) is 5. The summed E-state index contributed by atoms with van der Waals surface area (Å²) >= 11 is 0. The molecule has 2 aromatic rings. The van der Waals surface area contributed by atoms with Gasteiger partial charge in [-0.1, -0.05) is 50.2 Å². The number of rotatable bonds is 4. The van der Waals surface area contributed by atoms with Crippen molar-refractivity contribution >= 4 is 11.9 Å². The molecule has 1 aliphatic carbocycles. The van der Waals surface area contributed by atoms with Crippen LogP contribution in [0.4, 0.5) is 0 Å². The SMILES string of the molecule is CC1(C)C(OC(=O)c2ccccc2)C(OC(=O)c2ccccc2)C2C3CCC(O3)C21. The summed E-state index contributed by atoms with van der Waals surface area (Å²) in [6.07, 6.45) is 1.09. The van der Waals surface area contributed by atoms with Gasteiger partial charge < -0.3 is 14.2 Å². The summed E-state index contributed by atoms with van der Waals surface area (Å²) in [6, 6.07) is 17.9. The summed E-state index contributed by atoms with van der Waals surface area (Å²) in [6.45, 7) is 4.21. The molecule has 3 fully saturated rings. The third kappa shape index (κ3) is 3.03. The first-order chi connectivity index (χ1) is 14.5. The van der Waals surface area contributed by atoms with Crippen LogP contribution in [0.3, 0.4) is 0 Å². The van der Waals surface area contributed by atoms with Crippen LogP contribution in [0.1, 0.15) is 47.4 Å². The van der Waals surface area contributed by atoms with Crippen molar-refractivity contribution in [1.82, 2.24) is 0 Å². The molecule has 3 aliphatic rings. The van der Waals surface area contributed by atoms with Crippen LogP contribution in [0, 0.1) is 17.3 Å². The van der Waals surface area contributed by atoms with E-state index in [9.17, 15) is 9.59 Å². The Kier molecular flexibility index (Phi) is 4.66. The molecule has 2 aliphatic heterocycles. The van der Waals surface area contributed by atoms with Crippen LogP contribution in [0.5, 0.6) is 0 Å². The summed E-state index contributed by atoms with van der Waals surface area (Å²) in [5.74, 6) is -0.540. The fraction of sp³-hybridized carbons (Fsp3) is 0.440. The summed E-state index contributed by atoms with van der Waals surface area (Å²) < 4.78 is 18.3. The molecule has 5 heteroatoms. The standard InChI is InChI=1S/C25H26O5/c1-25(2)20-18-14-13-17(28-18)19(20)21(29-23(26)15-9-5-3-6-10-15)22(25)30-24(27)16-11-7-4-8-12-16/h3-12,17-22H,13-14H2,1-2H3. The van der Waals surface area contributed by atoms with Gasteiger partial charge in [-0.05, 0) is 37.1 Å². The first kappa shape index (κ1) is 19.3. The minimum atomic E-state index is -0.528. The minimum Gasteiger partial charge on any atom is -0.454 e. The average molecular weight is 406 g/mol. The van der Waals surface area contributed by atoms with Crippen molar-refractivity contribution in [3.05, 3.63) is 71.8 Å². The van der Waals surface area contributed by atoms with Crippen LogP contribution in [-0.4, -0.2) is 36.4 Å². The highest BCUT2D eigenvalue weighted by atomic mass is 16.6. The number of fused-ring (bicyclic) bond motifs is 5. The molecule has 0 N–H and O–H groups in total. The highest BCUT2D eigenvalue weighted by molar-refractivity contribution is 5.90. The van der Waals surface area contributed by atoms with Gasteiger partial charge >= 0.3 is 11.9 Å². The number of carbonyl (C=O) groups excluding carboxylic acids is 2. The average Bonchev–Trinajstić information content (AvgIpc) is 3.44. The summed E-state index contributed by atoms with van der Waals surface area (Å²) in [4.78, 5) is 25.8. The van der Waals surface area contributed by atoms with Gasteiger partial charge in [0.15, 0.2) is 0 Å². The predicted molar refractivity (Wildman–Crippen MR) is 110 cm³/mol. The Morgan fingerprint density at radius 1 is 0.833 bits per heavy atom. The van der Waals surface area contributed by atoms with Gasteiger partial charge in [0.2, 0.25) is 0 Å². The Labute approximate surface area is 176 Å². The van der Waals surface area contributed by atoms with Crippen molar-refractivity contribution in [2.45, 2.75) is 51.1 Å². The van der Waals surface area contributed by atoms with Crippen LogP contribution in [-0.2, 0) is 14.2 Å². The van der Waals surface area contributed by atoms with Crippen molar-refractivity contribution in [1.29, 1.82) is 0 Å². The zero-order chi connectivity index (χ0) is 20.9. The van der Waals surface area contributed by atoms with Gasteiger partial charge in [0.1, 0.15) is 12.2 Å². The number of carbonyl (C=O) groups is 2. The molecule has 2 bridgehead atoms. The highest BCUT2D eigenvalue weighted by Crippen LogP contribution is 2.61. The maximum Gasteiger partial charge on any atom is 0.338 e. The maximum absolute atomic E-state index is 12.9. The van der Waals surface area contributed by atoms with E-state index in [0.717, 1.165) is 12.8 Å². The van der Waals surface area contributed by atoms with E-state index in [2.05, 4.69) is 13.8 Å². The lowest BCUT2D eigenvalue weighted by Crippen LogP contribution is -2.42. The van der Waals surface area contributed by atoms with E-state index in [4.69, 9.17) is 14.2 Å². The van der Waals surface area contributed by atoms with E-state index in [1.54, 1.807) is 24.3 Å².